The van der Waals surface area contributed by atoms with Crippen LogP contribution in [0.25, 0.3) is 0 Å². The van der Waals surface area contributed by atoms with Crippen LogP contribution < -0.4 is 0 Å². The molecule has 3 rings (SSSR count). The SMILES string of the molecule is Cc1nc(COC(=O)C2CCN(S(=O)(=O)c3ccc(C(C)(C)C)cc3)CC2)cs1. The molecule has 2 aromatic rings. The van der Waals surface area contributed by atoms with E-state index in [2.05, 4.69) is 25.8 Å². The van der Waals surface area contributed by atoms with E-state index in [1.165, 1.54) is 15.6 Å². The number of thiazole rings is 1. The first-order valence-electron chi connectivity index (χ1n) is 9.76. The molecule has 29 heavy (non-hydrogen) atoms. The van der Waals surface area contributed by atoms with Crippen LogP contribution in [0.4, 0.5) is 0 Å². The molecule has 1 aromatic carbocycles. The molecule has 2 heterocycles. The molecule has 0 saturated carbocycles. The third-order valence-corrected chi connectivity index (χ3v) is 7.91. The first-order chi connectivity index (χ1) is 13.6. The summed E-state index contributed by atoms with van der Waals surface area (Å²) in [6.45, 7) is 8.99. The van der Waals surface area contributed by atoms with Crippen LogP contribution in [0.3, 0.4) is 0 Å². The molecule has 0 N–H and O–H groups in total. The van der Waals surface area contributed by atoms with Gasteiger partial charge in [-0.3, -0.25) is 4.79 Å². The largest absolute Gasteiger partial charge is 0.459 e. The normalized spacial score (nSPS) is 16.7. The van der Waals surface area contributed by atoms with Gasteiger partial charge in [0.2, 0.25) is 10.0 Å². The van der Waals surface area contributed by atoms with E-state index >= 15 is 0 Å². The Labute approximate surface area is 177 Å². The number of aryl methyl sites for hydroxylation is 1. The Morgan fingerprint density at radius 2 is 1.83 bits per heavy atom. The van der Waals surface area contributed by atoms with E-state index in [1.807, 2.05) is 24.4 Å². The molecule has 1 aliphatic rings. The van der Waals surface area contributed by atoms with Gasteiger partial charge in [0, 0.05) is 18.5 Å². The number of rotatable bonds is 5. The van der Waals surface area contributed by atoms with E-state index in [-0.39, 0.29) is 23.9 Å². The van der Waals surface area contributed by atoms with Gasteiger partial charge < -0.3 is 4.74 Å². The highest BCUT2D eigenvalue weighted by molar-refractivity contribution is 7.89. The van der Waals surface area contributed by atoms with E-state index in [4.69, 9.17) is 4.74 Å². The van der Waals surface area contributed by atoms with Gasteiger partial charge in [-0.05, 0) is 42.9 Å². The first kappa shape index (κ1) is 21.9. The maximum Gasteiger partial charge on any atom is 0.309 e. The fourth-order valence-corrected chi connectivity index (χ4v) is 5.41. The second-order valence-corrected chi connectivity index (χ2v) is 11.4. The Kier molecular flexibility index (Phi) is 6.45. The van der Waals surface area contributed by atoms with Crippen molar-refractivity contribution in [1.82, 2.24) is 9.29 Å². The first-order valence-corrected chi connectivity index (χ1v) is 12.1. The van der Waals surface area contributed by atoms with Crippen molar-refractivity contribution in [1.29, 1.82) is 0 Å². The second kappa shape index (κ2) is 8.53. The number of piperidine rings is 1. The number of nitrogens with zero attached hydrogens (tertiary/aromatic N) is 2. The van der Waals surface area contributed by atoms with Crippen molar-refractivity contribution in [2.75, 3.05) is 13.1 Å². The molecule has 1 aliphatic heterocycles. The Morgan fingerprint density at radius 3 is 2.34 bits per heavy atom. The van der Waals surface area contributed by atoms with Crippen LogP contribution in [0.5, 0.6) is 0 Å². The summed E-state index contributed by atoms with van der Waals surface area (Å²) < 4.78 is 32.7. The number of esters is 1. The zero-order valence-electron chi connectivity index (χ0n) is 17.3. The van der Waals surface area contributed by atoms with Gasteiger partial charge >= 0.3 is 5.97 Å². The van der Waals surface area contributed by atoms with Crippen molar-refractivity contribution in [3.8, 4) is 0 Å². The van der Waals surface area contributed by atoms with Crippen LogP contribution in [-0.2, 0) is 31.6 Å². The molecule has 0 atom stereocenters. The molecule has 0 amide bonds. The summed E-state index contributed by atoms with van der Waals surface area (Å²) in [6.07, 6.45) is 0.933. The highest BCUT2D eigenvalue weighted by Gasteiger charge is 2.33. The summed E-state index contributed by atoms with van der Waals surface area (Å²) in [6, 6.07) is 7.09. The number of benzene rings is 1. The van der Waals surface area contributed by atoms with E-state index < -0.39 is 10.0 Å². The van der Waals surface area contributed by atoms with Crippen LogP contribution in [0.15, 0.2) is 34.5 Å². The molecule has 8 heteroatoms. The standard InChI is InChI=1S/C21H28N2O4S2/c1-15-22-18(14-28-15)13-27-20(24)16-9-11-23(12-10-16)29(25,26)19-7-5-17(6-8-19)21(2,3)4/h5-8,14,16H,9-13H2,1-4H3. The molecule has 0 radical (unpaired) electrons. The van der Waals surface area contributed by atoms with E-state index in [0.29, 0.717) is 30.8 Å². The molecule has 1 aromatic heterocycles. The number of hydrogen-bond donors (Lipinski definition) is 0. The Bertz CT molecular complexity index is 951. The van der Waals surface area contributed by atoms with Crippen LogP contribution in [0.2, 0.25) is 0 Å². The summed E-state index contributed by atoms with van der Waals surface area (Å²) in [5, 5.41) is 2.81. The molecule has 0 bridgehead atoms. The number of carbonyl (C=O) groups excluding carboxylic acids is 1. The van der Waals surface area contributed by atoms with Gasteiger partial charge in [0.25, 0.3) is 0 Å². The molecule has 6 nitrogen and oxygen atoms in total. The summed E-state index contributed by atoms with van der Waals surface area (Å²) in [5.41, 5.74) is 1.81. The van der Waals surface area contributed by atoms with Crippen LogP contribution in [0, 0.1) is 12.8 Å². The molecule has 0 aliphatic carbocycles. The van der Waals surface area contributed by atoms with Crippen molar-refractivity contribution in [2.24, 2.45) is 5.92 Å². The topological polar surface area (TPSA) is 76.6 Å². The lowest BCUT2D eigenvalue weighted by Crippen LogP contribution is -2.40. The third-order valence-electron chi connectivity index (χ3n) is 5.17. The molecular formula is C21H28N2O4S2. The second-order valence-electron chi connectivity index (χ2n) is 8.42. The molecule has 0 spiro atoms. The van der Waals surface area contributed by atoms with Crippen molar-refractivity contribution in [2.45, 2.75) is 57.5 Å². The lowest BCUT2D eigenvalue weighted by molar-refractivity contribution is -0.151. The summed E-state index contributed by atoms with van der Waals surface area (Å²) in [5.74, 6) is -0.549. The smallest absolute Gasteiger partial charge is 0.309 e. The highest BCUT2D eigenvalue weighted by Crippen LogP contribution is 2.27. The Hall–Kier alpha value is -1.77. The van der Waals surface area contributed by atoms with Gasteiger partial charge in [-0.15, -0.1) is 11.3 Å². The lowest BCUT2D eigenvalue weighted by Gasteiger charge is -2.30. The lowest BCUT2D eigenvalue weighted by atomic mass is 9.87. The number of carbonyl (C=O) groups is 1. The van der Waals surface area contributed by atoms with Gasteiger partial charge in [0.1, 0.15) is 6.61 Å². The number of sulfonamides is 1. The quantitative estimate of drug-likeness (QED) is 0.665. The van der Waals surface area contributed by atoms with Crippen LogP contribution in [-0.4, -0.2) is 36.8 Å². The fraction of sp³-hybridized carbons (Fsp3) is 0.524. The molecule has 0 unspecified atom stereocenters. The molecule has 158 valence electrons. The minimum atomic E-state index is -3.55. The Morgan fingerprint density at radius 1 is 1.21 bits per heavy atom. The van der Waals surface area contributed by atoms with Crippen molar-refractivity contribution in [3.05, 3.63) is 45.9 Å². The van der Waals surface area contributed by atoms with Gasteiger partial charge in [0.15, 0.2) is 0 Å². The number of hydrogen-bond acceptors (Lipinski definition) is 6. The van der Waals surface area contributed by atoms with Gasteiger partial charge in [0.05, 0.1) is 21.5 Å². The van der Waals surface area contributed by atoms with E-state index in [9.17, 15) is 13.2 Å². The monoisotopic (exact) mass is 436 g/mol. The van der Waals surface area contributed by atoms with Gasteiger partial charge in [-0.2, -0.15) is 4.31 Å². The minimum Gasteiger partial charge on any atom is -0.459 e. The van der Waals surface area contributed by atoms with Gasteiger partial charge in [-0.25, -0.2) is 13.4 Å². The predicted molar refractivity (Wildman–Crippen MR) is 113 cm³/mol. The number of ether oxygens (including phenoxy) is 1. The Balaban J connectivity index is 1.57. The maximum atomic E-state index is 12.9. The molecule has 1 saturated heterocycles. The van der Waals surface area contributed by atoms with E-state index in [1.54, 1.807) is 12.1 Å². The van der Waals surface area contributed by atoms with Crippen LogP contribution in [0.1, 0.15) is 49.9 Å². The predicted octanol–water partition coefficient (Wildman–Crippen LogP) is 3.89. The van der Waals surface area contributed by atoms with Crippen molar-refractivity contribution >= 4 is 27.3 Å². The third kappa shape index (κ3) is 5.24. The zero-order chi connectivity index (χ0) is 21.2. The maximum absolute atomic E-state index is 12.9. The molecular weight excluding hydrogens is 408 g/mol. The number of aromatic nitrogens is 1. The minimum absolute atomic E-state index is 0.0295. The molecule has 1 fully saturated rings. The van der Waals surface area contributed by atoms with Crippen LogP contribution >= 0.6 is 11.3 Å². The van der Waals surface area contributed by atoms with Crippen molar-refractivity contribution in [3.63, 3.8) is 0 Å². The summed E-state index contributed by atoms with van der Waals surface area (Å²) >= 11 is 1.52. The van der Waals surface area contributed by atoms with Crippen molar-refractivity contribution < 1.29 is 17.9 Å². The summed E-state index contributed by atoms with van der Waals surface area (Å²) in [7, 11) is -3.55. The van der Waals surface area contributed by atoms with E-state index in [0.717, 1.165) is 16.3 Å². The summed E-state index contributed by atoms with van der Waals surface area (Å²) in [4.78, 5) is 16.9. The zero-order valence-corrected chi connectivity index (χ0v) is 19.0. The fourth-order valence-electron chi connectivity index (χ4n) is 3.35. The van der Waals surface area contributed by atoms with Gasteiger partial charge in [-0.1, -0.05) is 32.9 Å². The average molecular weight is 437 g/mol. The highest BCUT2D eigenvalue weighted by atomic mass is 32.2. The average Bonchev–Trinajstić information content (AvgIpc) is 3.11.